The zero-order valence-corrected chi connectivity index (χ0v) is 14.1. The third kappa shape index (κ3) is 3.43. The van der Waals surface area contributed by atoms with Crippen LogP contribution in [-0.4, -0.2) is 33.2 Å². The van der Waals surface area contributed by atoms with Crippen molar-refractivity contribution in [3.63, 3.8) is 0 Å². The highest BCUT2D eigenvalue weighted by Crippen LogP contribution is 2.25. The first-order valence-corrected chi connectivity index (χ1v) is 8.16. The minimum Gasteiger partial charge on any atom is -0.467 e. The number of rotatable bonds is 5. The van der Waals surface area contributed by atoms with Crippen LogP contribution in [0.4, 0.5) is 0 Å². The van der Waals surface area contributed by atoms with Gasteiger partial charge in [0.1, 0.15) is 5.76 Å². The van der Waals surface area contributed by atoms with Crippen molar-refractivity contribution >= 4 is 17.5 Å². The van der Waals surface area contributed by atoms with Crippen molar-refractivity contribution < 1.29 is 9.21 Å². The van der Waals surface area contributed by atoms with E-state index in [0.717, 1.165) is 36.5 Å². The van der Waals surface area contributed by atoms with Crippen molar-refractivity contribution in [1.29, 1.82) is 0 Å². The van der Waals surface area contributed by atoms with Crippen LogP contribution < -0.4 is 5.32 Å². The smallest absolute Gasteiger partial charge is 0.237 e. The Morgan fingerprint density at radius 3 is 3.04 bits per heavy atom. The Bertz CT molecular complexity index is 681. The lowest BCUT2D eigenvalue weighted by Crippen LogP contribution is -2.42. The number of aryl methyl sites for hydroxylation is 2. The Labute approximate surface area is 140 Å². The van der Waals surface area contributed by atoms with Crippen LogP contribution >= 0.6 is 11.6 Å². The topological polar surface area (TPSA) is 63.3 Å². The van der Waals surface area contributed by atoms with Gasteiger partial charge in [-0.15, -0.1) is 0 Å². The van der Waals surface area contributed by atoms with Crippen LogP contribution in [0, 0.1) is 6.92 Å². The predicted octanol–water partition coefficient (Wildman–Crippen LogP) is 2.26. The highest BCUT2D eigenvalue weighted by Gasteiger charge is 2.31. The van der Waals surface area contributed by atoms with E-state index >= 15 is 0 Å². The number of nitrogens with one attached hydrogen (secondary N) is 1. The summed E-state index contributed by atoms with van der Waals surface area (Å²) in [4.78, 5) is 14.6. The molecule has 1 aliphatic rings. The Balaban J connectivity index is 1.64. The zero-order valence-electron chi connectivity index (χ0n) is 13.4. The maximum absolute atomic E-state index is 12.5. The molecule has 0 aliphatic carbocycles. The molecular formula is C16H21ClN4O2. The molecule has 2 aromatic rings. The second-order valence-electron chi connectivity index (χ2n) is 5.90. The van der Waals surface area contributed by atoms with Gasteiger partial charge in [-0.3, -0.25) is 14.4 Å². The molecule has 1 unspecified atom stereocenters. The van der Waals surface area contributed by atoms with Crippen LogP contribution in [0.1, 0.15) is 30.0 Å². The lowest BCUT2D eigenvalue weighted by Gasteiger charge is -2.23. The highest BCUT2D eigenvalue weighted by molar-refractivity contribution is 6.31. The summed E-state index contributed by atoms with van der Waals surface area (Å²) in [5, 5.41) is 7.97. The molecule has 1 saturated heterocycles. The molecule has 1 fully saturated rings. The Morgan fingerprint density at radius 1 is 1.57 bits per heavy atom. The quantitative estimate of drug-likeness (QED) is 0.909. The molecule has 0 radical (unpaired) electrons. The minimum absolute atomic E-state index is 0.0360. The number of halogens is 1. The molecule has 1 N–H and O–H groups in total. The van der Waals surface area contributed by atoms with E-state index in [-0.39, 0.29) is 11.9 Å². The van der Waals surface area contributed by atoms with Crippen LogP contribution in [0.3, 0.4) is 0 Å². The SMILES string of the molecule is Cc1nn(C)c(CN2CCCC2C(=O)NCc2ccco2)c1Cl. The van der Waals surface area contributed by atoms with Gasteiger partial charge in [0, 0.05) is 13.6 Å². The average molecular weight is 337 g/mol. The van der Waals surface area contributed by atoms with E-state index in [2.05, 4.69) is 15.3 Å². The van der Waals surface area contributed by atoms with Gasteiger partial charge in [-0.2, -0.15) is 5.10 Å². The molecule has 0 aromatic carbocycles. The number of hydrogen-bond acceptors (Lipinski definition) is 4. The normalized spacial score (nSPS) is 18.5. The average Bonchev–Trinajstić information content (AvgIpc) is 3.24. The van der Waals surface area contributed by atoms with Gasteiger partial charge in [-0.1, -0.05) is 11.6 Å². The van der Waals surface area contributed by atoms with E-state index in [9.17, 15) is 4.79 Å². The standard InChI is InChI=1S/C16H21ClN4O2/c1-11-15(17)14(20(2)19-11)10-21-7-3-6-13(21)16(22)18-9-12-5-4-8-23-12/h4-5,8,13H,3,6-7,9-10H2,1-2H3,(H,18,22). The van der Waals surface area contributed by atoms with Crippen LogP contribution in [-0.2, 0) is 24.9 Å². The van der Waals surface area contributed by atoms with Crippen molar-refractivity contribution in [2.24, 2.45) is 7.05 Å². The van der Waals surface area contributed by atoms with Crippen LogP contribution in [0.2, 0.25) is 5.02 Å². The van der Waals surface area contributed by atoms with Crippen molar-refractivity contribution in [3.8, 4) is 0 Å². The van der Waals surface area contributed by atoms with Gasteiger partial charge in [0.2, 0.25) is 5.91 Å². The highest BCUT2D eigenvalue weighted by atomic mass is 35.5. The molecule has 1 atom stereocenters. The van der Waals surface area contributed by atoms with E-state index in [1.54, 1.807) is 10.9 Å². The summed E-state index contributed by atoms with van der Waals surface area (Å²) in [6.07, 6.45) is 3.47. The van der Waals surface area contributed by atoms with Gasteiger partial charge in [0.25, 0.3) is 0 Å². The number of carbonyl (C=O) groups excluding carboxylic acids is 1. The first-order valence-electron chi connectivity index (χ1n) is 7.78. The summed E-state index contributed by atoms with van der Waals surface area (Å²) in [6.45, 7) is 3.83. The van der Waals surface area contributed by atoms with Crippen LogP contribution in [0.15, 0.2) is 22.8 Å². The summed E-state index contributed by atoms with van der Waals surface area (Å²) in [7, 11) is 1.89. The van der Waals surface area contributed by atoms with Gasteiger partial charge in [0.15, 0.2) is 0 Å². The fraction of sp³-hybridized carbons (Fsp3) is 0.500. The molecule has 1 aliphatic heterocycles. The van der Waals surface area contributed by atoms with E-state index in [4.69, 9.17) is 16.0 Å². The van der Waals surface area contributed by atoms with E-state index in [0.29, 0.717) is 18.1 Å². The maximum Gasteiger partial charge on any atom is 0.237 e. The monoisotopic (exact) mass is 336 g/mol. The molecule has 0 spiro atoms. The van der Waals surface area contributed by atoms with E-state index < -0.39 is 0 Å². The summed E-state index contributed by atoms with van der Waals surface area (Å²) in [5.74, 6) is 0.794. The Kier molecular flexibility index (Phi) is 4.73. The number of likely N-dealkylation sites (tertiary alicyclic amines) is 1. The van der Waals surface area contributed by atoms with Crippen molar-refractivity contribution in [1.82, 2.24) is 20.0 Å². The minimum atomic E-state index is -0.128. The number of nitrogens with zero attached hydrogens (tertiary/aromatic N) is 3. The summed E-state index contributed by atoms with van der Waals surface area (Å²) in [5.41, 5.74) is 1.78. The molecule has 23 heavy (non-hydrogen) atoms. The molecule has 6 nitrogen and oxygen atoms in total. The first-order chi connectivity index (χ1) is 11.1. The fourth-order valence-corrected chi connectivity index (χ4v) is 3.28. The number of furan rings is 1. The number of aromatic nitrogens is 2. The summed E-state index contributed by atoms with van der Waals surface area (Å²) >= 11 is 6.33. The van der Waals surface area contributed by atoms with Gasteiger partial charge in [0.05, 0.1) is 35.3 Å². The molecule has 0 saturated carbocycles. The molecule has 1 amide bonds. The summed E-state index contributed by atoms with van der Waals surface area (Å²) in [6, 6.07) is 3.54. The zero-order chi connectivity index (χ0) is 16.4. The molecule has 124 valence electrons. The van der Waals surface area contributed by atoms with Crippen molar-refractivity contribution in [2.75, 3.05) is 6.54 Å². The van der Waals surface area contributed by atoms with Crippen molar-refractivity contribution in [2.45, 2.75) is 38.9 Å². The van der Waals surface area contributed by atoms with Crippen LogP contribution in [0.25, 0.3) is 0 Å². The van der Waals surface area contributed by atoms with Gasteiger partial charge in [-0.05, 0) is 38.4 Å². The Hall–Kier alpha value is -1.79. The molecule has 7 heteroatoms. The third-order valence-electron chi connectivity index (χ3n) is 4.30. The molecular weight excluding hydrogens is 316 g/mol. The number of carbonyl (C=O) groups is 1. The second-order valence-corrected chi connectivity index (χ2v) is 6.27. The van der Waals surface area contributed by atoms with Gasteiger partial charge in [-0.25, -0.2) is 0 Å². The first kappa shape index (κ1) is 16.1. The molecule has 3 heterocycles. The Morgan fingerprint density at radius 2 is 2.39 bits per heavy atom. The van der Waals surface area contributed by atoms with E-state index in [1.165, 1.54) is 0 Å². The largest absolute Gasteiger partial charge is 0.467 e. The fourth-order valence-electron chi connectivity index (χ4n) is 3.06. The summed E-state index contributed by atoms with van der Waals surface area (Å²) < 4.78 is 7.05. The lowest BCUT2D eigenvalue weighted by molar-refractivity contribution is -0.125. The maximum atomic E-state index is 12.5. The third-order valence-corrected chi connectivity index (χ3v) is 4.79. The van der Waals surface area contributed by atoms with Gasteiger partial charge < -0.3 is 9.73 Å². The van der Waals surface area contributed by atoms with E-state index in [1.807, 2.05) is 26.1 Å². The molecule has 0 bridgehead atoms. The number of hydrogen-bond donors (Lipinski definition) is 1. The van der Waals surface area contributed by atoms with Crippen molar-refractivity contribution in [3.05, 3.63) is 40.6 Å². The molecule has 2 aromatic heterocycles. The molecule has 3 rings (SSSR count). The van der Waals surface area contributed by atoms with Crippen LogP contribution in [0.5, 0.6) is 0 Å². The lowest BCUT2D eigenvalue weighted by atomic mass is 10.2. The second kappa shape index (κ2) is 6.76. The predicted molar refractivity (Wildman–Crippen MR) is 86.9 cm³/mol. The number of amides is 1. The van der Waals surface area contributed by atoms with Gasteiger partial charge >= 0.3 is 0 Å².